The number of amides is 1. The van der Waals surface area contributed by atoms with Crippen LogP contribution in [0.25, 0.3) is 0 Å². The summed E-state index contributed by atoms with van der Waals surface area (Å²) in [5, 5.41) is 6.82. The van der Waals surface area contributed by atoms with E-state index in [0.29, 0.717) is 25.2 Å². The number of nitrogens with one attached hydrogen (secondary N) is 2. The SMILES string of the molecule is O=C(CCc1ccccc1)Nc1ccc(NCc2ccccc2Cl)cn1. The predicted octanol–water partition coefficient (Wildman–Crippen LogP) is 4.92. The van der Waals surface area contributed by atoms with Crippen molar-refractivity contribution in [1.82, 2.24) is 4.98 Å². The molecule has 0 saturated carbocycles. The zero-order valence-electron chi connectivity index (χ0n) is 14.3. The Balaban J connectivity index is 1.48. The number of carbonyl (C=O) groups is 1. The first kappa shape index (κ1) is 18.0. The van der Waals surface area contributed by atoms with Gasteiger partial charge in [-0.15, -0.1) is 0 Å². The number of pyridine rings is 1. The van der Waals surface area contributed by atoms with Crippen LogP contribution < -0.4 is 10.6 Å². The first-order valence-electron chi connectivity index (χ1n) is 8.48. The van der Waals surface area contributed by atoms with E-state index in [1.165, 1.54) is 0 Å². The van der Waals surface area contributed by atoms with Crippen LogP contribution in [0.1, 0.15) is 17.5 Å². The van der Waals surface area contributed by atoms with E-state index in [1.807, 2.05) is 60.7 Å². The number of hydrogen-bond acceptors (Lipinski definition) is 3. The van der Waals surface area contributed by atoms with Gasteiger partial charge < -0.3 is 10.6 Å². The van der Waals surface area contributed by atoms with E-state index >= 15 is 0 Å². The molecule has 0 bridgehead atoms. The minimum Gasteiger partial charge on any atom is -0.380 e. The topological polar surface area (TPSA) is 54.0 Å². The smallest absolute Gasteiger partial charge is 0.225 e. The fourth-order valence-corrected chi connectivity index (χ4v) is 2.72. The van der Waals surface area contributed by atoms with Crippen molar-refractivity contribution in [3.63, 3.8) is 0 Å². The third-order valence-electron chi connectivity index (χ3n) is 3.96. The number of aryl methyl sites for hydroxylation is 1. The number of carbonyl (C=O) groups excluding carboxylic acids is 1. The minimum absolute atomic E-state index is 0.0434. The van der Waals surface area contributed by atoms with Gasteiger partial charge in [-0.05, 0) is 35.7 Å². The number of aromatic nitrogens is 1. The van der Waals surface area contributed by atoms with Crippen LogP contribution in [0.2, 0.25) is 5.02 Å². The standard InChI is InChI=1S/C21H20ClN3O/c22-19-9-5-4-8-17(19)14-23-18-11-12-20(24-15-18)25-21(26)13-10-16-6-2-1-3-7-16/h1-9,11-12,15,23H,10,13-14H2,(H,24,25,26). The second kappa shape index (κ2) is 9.02. The summed E-state index contributed by atoms with van der Waals surface area (Å²) >= 11 is 6.14. The molecule has 0 aliphatic rings. The second-order valence-corrected chi connectivity index (χ2v) is 6.32. The summed E-state index contributed by atoms with van der Waals surface area (Å²) in [6, 6.07) is 21.3. The highest BCUT2D eigenvalue weighted by Crippen LogP contribution is 2.17. The summed E-state index contributed by atoms with van der Waals surface area (Å²) < 4.78 is 0. The van der Waals surface area contributed by atoms with Crippen LogP contribution in [0.3, 0.4) is 0 Å². The summed E-state index contributed by atoms with van der Waals surface area (Å²) in [5.41, 5.74) is 3.04. The van der Waals surface area contributed by atoms with E-state index < -0.39 is 0 Å². The Bertz CT molecular complexity index is 851. The fraction of sp³-hybridized carbons (Fsp3) is 0.143. The Hall–Kier alpha value is -2.85. The van der Waals surface area contributed by atoms with E-state index in [4.69, 9.17) is 11.6 Å². The van der Waals surface area contributed by atoms with E-state index in [-0.39, 0.29) is 5.91 Å². The fourth-order valence-electron chi connectivity index (χ4n) is 2.52. The first-order chi connectivity index (χ1) is 12.7. The van der Waals surface area contributed by atoms with Crippen molar-refractivity contribution in [2.24, 2.45) is 0 Å². The van der Waals surface area contributed by atoms with Crippen molar-refractivity contribution in [3.8, 4) is 0 Å². The van der Waals surface area contributed by atoms with Crippen molar-refractivity contribution in [1.29, 1.82) is 0 Å². The second-order valence-electron chi connectivity index (χ2n) is 5.91. The third kappa shape index (κ3) is 5.33. The summed E-state index contributed by atoms with van der Waals surface area (Å²) in [7, 11) is 0. The van der Waals surface area contributed by atoms with Crippen molar-refractivity contribution in [3.05, 3.63) is 89.1 Å². The molecule has 1 aromatic heterocycles. The highest BCUT2D eigenvalue weighted by atomic mass is 35.5. The molecule has 4 nitrogen and oxygen atoms in total. The largest absolute Gasteiger partial charge is 0.380 e. The van der Waals surface area contributed by atoms with Crippen LogP contribution in [0.4, 0.5) is 11.5 Å². The maximum atomic E-state index is 12.0. The number of benzene rings is 2. The van der Waals surface area contributed by atoms with Gasteiger partial charge in [-0.1, -0.05) is 60.1 Å². The average molecular weight is 366 g/mol. The summed E-state index contributed by atoms with van der Waals surface area (Å²) in [6.07, 6.45) is 2.84. The maximum Gasteiger partial charge on any atom is 0.225 e. The molecular formula is C21H20ClN3O. The lowest BCUT2D eigenvalue weighted by Gasteiger charge is -2.09. The normalized spacial score (nSPS) is 10.3. The molecule has 0 atom stereocenters. The van der Waals surface area contributed by atoms with Crippen LogP contribution in [0.15, 0.2) is 72.9 Å². The Morgan fingerprint density at radius 1 is 0.962 bits per heavy atom. The number of halogens is 1. The summed E-state index contributed by atoms with van der Waals surface area (Å²) in [4.78, 5) is 16.3. The molecule has 3 rings (SSSR count). The first-order valence-corrected chi connectivity index (χ1v) is 8.85. The van der Waals surface area contributed by atoms with Crippen molar-refractivity contribution in [2.75, 3.05) is 10.6 Å². The lowest BCUT2D eigenvalue weighted by atomic mass is 10.1. The molecule has 0 aliphatic carbocycles. The van der Waals surface area contributed by atoms with Gasteiger partial charge in [-0.25, -0.2) is 4.98 Å². The average Bonchev–Trinajstić information content (AvgIpc) is 2.68. The quantitative estimate of drug-likeness (QED) is 0.625. The molecule has 2 aromatic carbocycles. The van der Waals surface area contributed by atoms with Gasteiger partial charge in [0.1, 0.15) is 5.82 Å². The number of anilines is 2. The molecule has 0 unspecified atom stereocenters. The highest BCUT2D eigenvalue weighted by molar-refractivity contribution is 6.31. The zero-order valence-corrected chi connectivity index (χ0v) is 15.0. The summed E-state index contributed by atoms with van der Waals surface area (Å²) in [6.45, 7) is 0.615. The van der Waals surface area contributed by atoms with Crippen LogP contribution in [-0.4, -0.2) is 10.9 Å². The van der Waals surface area contributed by atoms with Crippen molar-refractivity contribution >= 4 is 29.0 Å². The van der Waals surface area contributed by atoms with E-state index in [9.17, 15) is 4.79 Å². The Morgan fingerprint density at radius 3 is 2.46 bits per heavy atom. The van der Waals surface area contributed by atoms with Gasteiger partial charge in [0.15, 0.2) is 0 Å². The van der Waals surface area contributed by atoms with Crippen LogP contribution >= 0.6 is 11.6 Å². The molecule has 0 aliphatic heterocycles. The predicted molar refractivity (Wildman–Crippen MR) is 106 cm³/mol. The molecule has 132 valence electrons. The molecule has 2 N–H and O–H groups in total. The molecule has 0 fully saturated rings. The third-order valence-corrected chi connectivity index (χ3v) is 4.32. The lowest BCUT2D eigenvalue weighted by molar-refractivity contribution is -0.116. The van der Waals surface area contributed by atoms with Gasteiger partial charge in [0, 0.05) is 18.0 Å². The molecule has 0 radical (unpaired) electrons. The Kier molecular flexibility index (Phi) is 6.23. The summed E-state index contributed by atoms with van der Waals surface area (Å²) in [5.74, 6) is 0.504. The van der Waals surface area contributed by atoms with Gasteiger partial charge >= 0.3 is 0 Å². The van der Waals surface area contributed by atoms with E-state index in [0.717, 1.165) is 21.8 Å². The van der Waals surface area contributed by atoms with Gasteiger partial charge in [-0.2, -0.15) is 0 Å². The molecule has 1 heterocycles. The highest BCUT2D eigenvalue weighted by Gasteiger charge is 2.05. The molecule has 26 heavy (non-hydrogen) atoms. The molecular weight excluding hydrogens is 346 g/mol. The number of hydrogen-bond donors (Lipinski definition) is 2. The van der Waals surface area contributed by atoms with Crippen molar-refractivity contribution in [2.45, 2.75) is 19.4 Å². The van der Waals surface area contributed by atoms with Crippen molar-refractivity contribution < 1.29 is 4.79 Å². The number of nitrogens with zero attached hydrogens (tertiary/aromatic N) is 1. The molecule has 3 aromatic rings. The van der Waals surface area contributed by atoms with E-state index in [1.54, 1.807) is 12.3 Å². The van der Waals surface area contributed by atoms with Crippen LogP contribution in [0.5, 0.6) is 0 Å². The van der Waals surface area contributed by atoms with Gasteiger partial charge in [0.2, 0.25) is 5.91 Å². The Morgan fingerprint density at radius 2 is 1.73 bits per heavy atom. The molecule has 0 spiro atoms. The van der Waals surface area contributed by atoms with Gasteiger partial charge in [0.05, 0.1) is 11.9 Å². The van der Waals surface area contributed by atoms with Crippen LogP contribution in [-0.2, 0) is 17.8 Å². The minimum atomic E-state index is -0.0434. The molecule has 1 amide bonds. The number of rotatable bonds is 7. The van der Waals surface area contributed by atoms with Gasteiger partial charge in [-0.3, -0.25) is 4.79 Å². The maximum absolute atomic E-state index is 12.0. The van der Waals surface area contributed by atoms with Crippen LogP contribution in [0, 0.1) is 0 Å². The van der Waals surface area contributed by atoms with Gasteiger partial charge in [0.25, 0.3) is 0 Å². The van der Waals surface area contributed by atoms with E-state index in [2.05, 4.69) is 15.6 Å². The monoisotopic (exact) mass is 365 g/mol. The Labute approximate surface area is 158 Å². The zero-order chi connectivity index (χ0) is 18.2. The molecule has 5 heteroatoms. The lowest BCUT2D eigenvalue weighted by Crippen LogP contribution is -2.13. The molecule has 0 saturated heterocycles.